The van der Waals surface area contributed by atoms with Gasteiger partial charge in [0.2, 0.25) is 5.91 Å². The molecule has 0 radical (unpaired) electrons. The van der Waals surface area contributed by atoms with Crippen molar-refractivity contribution < 1.29 is 14.3 Å². The van der Waals surface area contributed by atoms with Gasteiger partial charge in [-0.25, -0.2) is 0 Å². The summed E-state index contributed by atoms with van der Waals surface area (Å²) in [5, 5.41) is 3.04. The second-order valence-electron chi connectivity index (χ2n) is 8.70. The van der Waals surface area contributed by atoms with Crippen molar-refractivity contribution in [1.29, 1.82) is 0 Å². The quantitative estimate of drug-likeness (QED) is 0.238. The van der Waals surface area contributed by atoms with Crippen molar-refractivity contribution in [2.75, 3.05) is 13.2 Å². The molecule has 0 saturated heterocycles. The average Bonchev–Trinajstić information content (AvgIpc) is 2.87. The van der Waals surface area contributed by atoms with E-state index in [9.17, 15) is 9.59 Å². The number of benzene rings is 3. The number of halogens is 2. The van der Waals surface area contributed by atoms with Crippen LogP contribution < -0.4 is 10.1 Å². The zero-order valence-electron chi connectivity index (χ0n) is 20.7. The smallest absolute Gasteiger partial charge is 0.261 e. The SMILES string of the molecule is CCCCNC(=O)C(Cc1ccccc1)N(Cc1cccc(Br)c1)C(=O)COc1ccc(Br)c(C)c1. The van der Waals surface area contributed by atoms with Gasteiger partial charge in [0, 0.05) is 28.5 Å². The largest absolute Gasteiger partial charge is 0.484 e. The number of ether oxygens (including phenoxy) is 1. The molecular formula is C29H32Br2N2O3. The van der Waals surface area contributed by atoms with E-state index in [2.05, 4.69) is 44.1 Å². The van der Waals surface area contributed by atoms with Gasteiger partial charge in [0.1, 0.15) is 11.8 Å². The molecular weight excluding hydrogens is 584 g/mol. The molecule has 0 bridgehead atoms. The highest BCUT2D eigenvalue weighted by Crippen LogP contribution is 2.22. The molecule has 0 saturated carbocycles. The first kappa shape index (κ1) is 27.9. The number of unbranched alkanes of at least 4 members (excludes halogenated alkanes) is 1. The minimum Gasteiger partial charge on any atom is -0.484 e. The van der Waals surface area contributed by atoms with E-state index < -0.39 is 6.04 Å². The molecule has 1 atom stereocenters. The number of nitrogens with one attached hydrogen (secondary N) is 1. The van der Waals surface area contributed by atoms with Crippen molar-refractivity contribution in [2.45, 2.75) is 45.7 Å². The molecule has 3 aromatic rings. The Balaban J connectivity index is 1.89. The molecule has 0 aliphatic rings. The fourth-order valence-electron chi connectivity index (χ4n) is 3.83. The Morgan fingerprint density at radius 1 is 0.972 bits per heavy atom. The van der Waals surface area contributed by atoms with E-state index >= 15 is 0 Å². The highest BCUT2D eigenvalue weighted by atomic mass is 79.9. The van der Waals surface area contributed by atoms with Gasteiger partial charge >= 0.3 is 0 Å². The first-order valence-corrected chi connectivity index (χ1v) is 13.7. The van der Waals surface area contributed by atoms with Crippen LogP contribution in [0.3, 0.4) is 0 Å². The molecule has 5 nitrogen and oxygen atoms in total. The summed E-state index contributed by atoms with van der Waals surface area (Å²) in [7, 11) is 0. The average molecular weight is 616 g/mol. The van der Waals surface area contributed by atoms with E-state index in [0.717, 1.165) is 38.5 Å². The van der Waals surface area contributed by atoms with Gasteiger partial charge in [0.05, 0.1) is 0 Å². The molecule has 0 spiro atoms. The molecule has 36 heavy (non-hydrogen) atoms. The minimum absolute atomic E-state index is 0.157. The van der Waals surface area contributed by atoms with Crippen LogP contribution in [-0.4, -0.2) is 35.9 Å². The van der Waals surface area contributed by atoms with Crippen LogP contribution in [0.1, 0.15) is 36.5 Å². The van der Waals surface area contributed by atoms with Gasteiger partial charge in [0.25, 0.3) is 5.91 Å². The van der Waals surface area contributed by atoms with Crippen LogP contribution in [0.25, 0.3) is 0 Å². The Bertz CT molecular complexity index is 1150. The number of carbonyl (C=O) groups is 2. The van der Waals surface area contributed by atoms with Crippen LogP contribution in [0.5, 0.6) is 5.75 Å². The lowest BCUT2D eigenvalue weighted by molar-refractivity contribution is -0.142. The normalized spacial score (nSPS) is 11.6. The van der Waals surface area contributed by atoms with Crippen molar-refractivity contribution in [3.8, 4) is 5.75 Å². The maximum absolute atomic E-state index is 13.6. The molecule has 3 rings (SSSR count). The number of hydrogen-bond donors (Lipinski definition) is 1. The monoisotopic (exact) mass is 614 g/mol. The van der Waals surface area contributed by atoms with Gasteiger partial charge in [-0.2, -0.15) is 0 Å². The van der Waals surface area contributed by atoms with Crippen LogP contribution in [0.15, 0.2) is 81.7 Å². The van der Waals surface area contributed by atoms with Crippen LogP contribution in [-0.2, 0) is 22.6 Å². The third-order valence-electron chi connectivity index (χ3n) is 5.83. The second-order valence-corrected chi connectivity index (χ2v) is 10.5. The summed E-state index contributed by atoms with van der Waals surface area (Å²) in [6.45, 7) is 4.75. The van der Waals surface area contributed by atoms with Crippen LogP contribution in [0.2, 0.25) is 0 Å². The molecule has 0 aliphatic heterocycles. The maximum Gasteiger partial charge on any atom is 0.261 e. The van der Waals surface area contributed by atoms with Gasteiger partial charge < -0.3 is 15.0 Å². The van der Waals surface area contributed by atoms with Crippen molar-refractivity contribution >= 4 is 43.7 Å². The van der Waals surface area contributed by atoms with Crippen LogP contribution in [0.4, 0.5) is 0 Å². The number of carbonyl (C=O) groups excluding carboxylic acids is 2. The maximum atomic E-state index is 13.6. The zero-order chi connectivity index (χ0) is 25.9. The molecule has 0 heterocycles. The highest BCUT2D eigenvalue weighted by Gasteiger charge is 2.30. The van der Waals surface area contributed by atoms with E-state index in [1.54, 1.807) is 4.90 Å². The minimum atomic E-state index is -0.675. The molecule has 1 N–H and O–H groups in total. The van der Waals surface area contributed by atoms with Crippen molar-refractivity contribution in [3.63, 3.8) is 0 Å². The Morgan fingerprint density at radius 3 is 2.42 bits per heavy atom. The van der Waals surface area contributed by atoms with Crippen molar-refractivity contribution in [3.05, 3.63) is 98.4 Å². The number of aryl methyl sites for hydroxylation is 1. The molecule has 7 heteroatoms. The fourth-order valence-corrected chi connectivity index (χ4v) is 4.52. The molecule has 0 aliphatic carbocycles. The van der Waals surface area contributed by atoms with Gasteiger partial charge in [-0.15, -0.1) is 0 Å². The highest BCUT2D eigenvalue weighted by molar-refractivity contribution is 9.10. The topological polar surface area (TPSA) is 58.6 Å². The molecule has 0 aromatic heterocycles. The first-order valence-electron chi connectivity index (χ1n) is 12.1. The van der Waals surface area contributed by atoms with E-state index in [-0.39, 0.29) is 18.4 Å². The van der Waals surface area contributed by atoms with Crippen molar-refractivity contribution in [2.24, 2.45) is 0 Å². The molecule has 3 aromatic carbocycles. The van der Waals surface area contributed by atoms with E-state index in [0.29, 0.717) is 25.3 Å². The Morgan fingerprint density at radius 2 is 1.72 bits per heavy atom. The summed E-state index contributed by atoms with van der Waals surface area (Å²) in [6, 6.07) is 22.5. The van der Waals surface area contributed by atoms with Gasteiger partial charge in [-0.05, 0) is 60.4 Å². The number of amides is 2. The predicted molar refractivity (Wildman–Crippen MR) is 151 cm³/mol. The van der Waals surface area contributed by atoms with E-state index in [1.807, 2.05) is 79.7 Å². The molecule has 2 amide bonds. The first-order chi connectivity index (χ1) is 17.4. The summed E-state index contributed by atoms with van der Waals surface area (Å²) in [5.74, 6) is 0.204. The number of rotatable bonds is 12. The molecule has 1 unspecified atom stereocenters. The van der Waals surface area contributed by atoms with Gasteiger partial charge in [0.15, 0.2) is 6.61 Å². The van der Waals surface area contributed by atoms with Gasteiger partial charge in [-0.1, -0.05) is 87.7 Å². The lowest BCUT2D eigenvalue weighted by atomic mass is 10.0. The fraction of sp³-hybridized carbons (Fsp3) is 0.310. The zero-order valence-corrected chi connectivity index (χ0v) is 23.8. The summed E-state index contributed by atoms with van der Waals surface area (Å²) in [4.78, 5) is 28.7. The lowest BCUT2D eigenvalue weighted by Crippen LogP contribution is -2.51. The lowest BCUT2D eigenvalue weighted by Gasteiger charge is -2.31. The molecule has 190 valence electrons. The summed E-state index contributed by atoms with van der Waals surface area (Å²) in [6.07, 6.45) is 2.27. The number of nitrogens with zero attached hydrogens (tertiary/aromatic N) is 1. The summed E-state index contributed by atoms with van der Waals surface area (Å²) < 4.78 is 7.77. The third-order valence-corrected chi connectivity index (χ3v) is 7.22. The predicted octanol–water partition coefficient (Wildman–Crippen LogP) is 6.46. The second kappa shape index (κ2) is 14.2. The third kappa shape index (κ3) is 8.49. The van der Waals surface area contributed by atoms with Crippen LogP contribution >= 0.6 is 31.9 Å². The standard InChI is InChI=1S/C29H32Br2N2O3/c1-3-4-15-32-29(35)27(18-22-9-6-5-7-10-22)33(19-23-11-8-12-24(30)17-23)28(34)20-36-25-13-14-26(31)21(2)16-25/h5-14,16-17,27H,3-4,15,18-20H2,1-2H3,(H,32,35). The van der Waals surface area contributed by atoms with Crippen LogP contribution in [0, 0.1) is 6.92 Å². The Hall–Kier alpha value is -2.64. The summed E-state index contributed by atoms with van der Waals surface area (Å²) in [5.41, 5.74) is 2.93. The van der Waals surface area contributed by atoms with Crippen molar-refractivity contribution in [1.82, 2.24) is 10.2 Å². The Kier molecular flexibility index (Phi) is 11.0. The summed E-state index contributed by atoms with van der Waals surface area (Å²) >= 11 is 7.00. The number of hydrogen-bond acceptors (Lipinski definition) is 3. The van der Waals surface area contributed by atoms with Gasteiger partial charge in [-0.3, -0.25) is 9.59 Å². The van der Waals surface area contributed by atoms with E-state index in [1.165, 1.54) is 0 Å². The van der Waals surface area contributed by atoms with E-state index in [4.69, 9.17) is 4.74 Å². The molecule has 0 fully saturated rings. The Labute approximate surface area is 230 Å².